The Morgan fingerprint density at radius 1 is 1.28 bits per heavy atom. The van der Waals surface area contributed by atoms with Crippen LogP contribution in [0.3, 0.4) is 0 Å². The fourth-order valence-corrected chi connectivity index (χ4v) is 4.04. The summed E-state index contributed by atoms with van der Waals surface area (Å²) in [6.07, 6.45) is 4.33. The molecule has 4 N–H and O–H groups in total. The minimum atomic E-state index is -1.00. The van der Waals surface area contributed by atoms with E-state index in [-0.39, 0.29) is 17.3 Å². The van der Waals surface area contributed by atoms with Gasteiger partial charge in [-0.3, -0.25) is 9.59 Å². The number of hydrogen-bond acceptors (Lipinski definition) is 7. The number of hydrogen-bond donors (Lipinski definition) is 4. The zero-order valence-electron chi connectivity index (χ0n) is 17.6. The lowest BCUT2D eigenvalue weighted by atomic mass is 10.1. The quantitative estimate of drug-likeness (QED) is 0.458. The number of amides is 1. The van der Waals surface area contributed by atoms with Crippen molar-refractivity contribution in [2.75, 3.05) is 30.8 Å². The van der Waals surface area contributed by atoms with Crippen molar-refractivity contribution in [3.8, 4) is 0 Å². The number of aromatic nitrogens is 4. The molecule has 4 heterocycles. The Morgan fingerprint density at radius 3 is 2.78 bits per heavy atom. The van der Waals surface area contributed by atoms with Crippen molar-refractivity contribution in [3.63, 3.8) is 0 Å². The second-order valence-electron chi connectivity index (χ2n) is 8.14. The summed E-state index contributed by atoms with van der Waals surface area (Å²) >= 11 is 0. The average Bonchev–Trinajstić information content (AvgIpc) is 3.32. The Hall–Kier alpha value is -3.47. The second-order valence-corrected chi connectivity index (χ2v) is 8.14. The summed E-state index contributed by atoms with van der Waals surface area (Å²) in [5, 5.41) is 16.6. The molecule has 0 bridgehead atoms. The lowest BCUT2D eigenvalue weighted by Crippen LogP contribution is -2.34. The molecule has 5 rings (SSSR count). The summed E-state index contributed by atoms with van der Waals surface area (Å²) in [4.78, 5) is 30.0. The number of nitrogens with one attached hydrogen (secondary N) is 4. The van der Waals surface area contributed by atoms with Gasteiger partial charge in [0.2, 0.25) is 0 Å². The first-order chi connectivity index (χ1) is 15.5. The van der Waals surface area contributed by atoms with Crippen molar-refractivity contribution in [3.05, 3.63) is 46.6 Å². The third-order valence-electron chi connectivity index (χ3n) is 5.94. The smallest absolute Gasteiger partial charge is 0.274 e. The van der Waals surface area contributed by atoms with E-state index < -0.39 is 18.1 Å². The molecule has 2 atom stereocenters. The van der Waals surface area contributed by atoms with Gasteiger partial charge in [0.15, 0.2) is 17.2 Å². The monoisotopic (exact) mass is 440 g/mol. The van der Waals surface area contributed by atoms with E-state index in [0.717, 1.165) is 25.9 Å². The van der Waals surface area contributed by atoms with Crippen LogP contribution in [-0.2, 0) is 0 Å². The lowest BCUT2D eigenvalue weighted by Gasteiger charge is -2.25. The number of anilines is 3. The van der Waals surface area contributed by atoms with Gasteiger partial charge in [-0.05, 0) is 38.1 Å². The fourth-order valence-electron chi connectivity index (χ4n) is 4.04. The maximum absolute atomic E-state index is 13.2. The number of halogens is 1. The third-order valence-corrected chi connectivity index (χ3v) is 5.94. The molecule has 3 aromatic rings. The molecule has 3 aromatic heterocycles. The third kappa shape index (κ3) is 3.79. The van der Waals surface area contributed by atoms with Gasteiger partial charge in [0.1, 0.15) is 11.9 Å². The second kappa shape index (κ2) is 8.23. The highest BCUT2D eigenvalue weighted by Crippen LogP contribution is 2.26. The van der Waals surface area contributed by atoms with Crippen LogP contribution in [0.15, 0.2) is 35.4 Å². The van der Waals surface area contributed by atoms with Gasteiger partial charge in [0.05, 0.1) is 17.9 Å². The number of carbonyl (C=O) groups is 1. The van der Waals surface area contributed by atoms with Gasteiger partial charge in [-0.15, -0.1) is 5.10 Å². The van der Waals surface area contributed by atoms with Crippen LogP contribution in [-0.4, -0.2) is 57.4 Å². The Morgan fingerprint density at radius 2 is 2.06 bits per heavy atom. The predicted octanol–water partition coefficient (Wildman–Crippen LogP) is 1.44. The maximum Gasteiger partial charge on any atom is 0.274 e. The van der Waals surface area contributed by atoms with Gasteiger partial charge < -0.3 is 25.8 Å². The van der Waals surface area contributed by atoms with Crippen molar-refractivity contribution in [2.45, 2.75) is 37.5 Å². The zero-order chi connectivity index (χ0) is 22.2. The first kappa shape index (κ1) is 20.4. The molecular weight excluding hydrogens is 415 g/mol. The van der Waals surface area contributed by atoms with Crippen LogP contribution in [0.2, 0.25) is 0 Å². The van der Waals surface area contributed by atoms with Crippen molar-refractivity contribution >= 4 is 28.7 Å². The van der Waals surface area contributed by atoms with E-state index in [1.807, 2.05) is 12.3 Å². The summed E-state index contributed by atoms with van der Waals surface area (Å²) in [5.41, 5.74) is 1.55. The molecule has 1 aliphatic carbocycles. The van der Waals surface area contributed by atoms with Crippen LogP contribution in [0, 0.1) is 0 Å². The van der Waals surface area contributed by atoms with Gasteiger partial charge in [0.25, 0.3) is 11.5 Å². The molecule has 10 nitrogen and oxygen atoms in total. The first-order valence-corrected chi connectivity index (χ1v) is 10.8. The van der Waals surface area contributed by atoms with Crippen molar-refractivity contribution < 1.29 is 9.18 Å². The van der Waals surface area contributed by atoms with Gasteiger partial charge >= 0.3 is 0 Å². The summed E-state index contributed by atoms with van der Waals surface area (Å²) in [6, 6.07) is 4.96. The Balaban J connectivity index is 1.47. The molecule has 11 heteroatoms. The number of nitrogens with zero attached hydrogens (tertiary/aromatic N) is 4. The molecule has 0 radical (unpaired) electrons. The molecule has 168 valence electrons. The van der Waals surface area contributed by atoms with Crippen LogP contribution in [0.4, 0.5) is 21.6 Å². The Bertz CT molecular complexity index is 1220. The molecular formula is C21H25FN8O2. The zero-order valence-corrected chi connectivity index (χ0v) is 17.6. The van der Waals surface area contributed by atoms with Gasteiger partial charge in [-0.2, -0.15) is 0 Å². The number of alkyl halides is 1. The number of piperidine rings is 1. The molecule has 1 saturated carbocycles. The topological polar surface area (TPSA) is 117 Å². The predicted molar refractivity (Wildman–Crippen MR) is 118 cm³/mol. The van der Waals surface area contributed by atoms with Crippen molar-refractivity contribution in [1.29, 1.82) is 0 Å². The summed E-state index contributed by atoms with van der Waals surface area (Å²) in [7, 11) is 1.73. The first-order valence-electron chi connectivity index (χ1n) is 10.8. The molecule has 0 spiro atoms. The molecule has 1 aliphatic heterocycles. The van der Waals surface area contributed by atoms with E-state index in [9.17, 15) is 14.0 Å². The minimum Gasteiger partial charge on any atom is -0.385 e. The van der Waals surface area contributed by atoms with Crippen molar-refractivity contribution in [2.24, 2.45) is 0 Å². The van der Waals surface area contributed by atoms with E-state index in [1.54, 1.807) is 23.7 Å². The fraction of sp³-hybridized carbons (Fsp3) is 0.429. The van der Waals surface area contributed by atoms with Crippen LogP contribution in [0.25, 0.3) is 5.65 Å². The summed E-state index contributed by atoms with van der Waals surface area (Å²) in [6.45, 7) is 1.77. The number of rotatable bonds is 6. The summed E-state index contributed by atoms with van der Waals surface area (Å²) < 4.78 is 16.4. The highest BCUT2D eigenvalue weighted by atomic mass is 19.1. The van der Waals surface area contributed by atoms with E-state index in [1.165, 1.54) is 10.7 Å². The van der Waals surface area contributed by atoms with Crippen LogP contribution < -0.4 is 26.8 Å². The lowest BCUT2D eigenvalue weighted by molar-refractivity contribution is 0.0940. The maximum atomic E-state index is 13.2. The highest BCUT2D eigenvalue weighted by molar-refractivity contribution is 5.94. The molecule has 0 aromatic carbocycles. The van der Waals surface area contributed by atoms with Crippen LogP contribution >= 0.6 is 0 Å². The standard InChI is InChI=1S/C21H25FN8O2/c1-23-16-10-18(26-14-3-2-8-29(21(14)32)12-4-6-24-7-5-12)28-30-17(11-25-19(16)30)20(31)27-15-9-13(15)22/h2-3,8,10-13,15,23-24H,4-7,9H2,1H3,(H,26,28)(H,27,31)/t13-,15+/m0/s1. The largest absolute Gasteiger partial charge is 0.385 e. The van der Waals surface area contributed by atoms with E-state index in [4.69, 9.17) is 0 Å². The number of pyridine rings is 1. The van der Waals surface area contributed by atoms with Crippen LogP contribution in [0.5, 0.6) is 0 Å². The molecule has 0 unspecified atom stereocenters. The Labute approximate surface area is 183 Å². The normalized spacial score (nSPS) is 20.8. The van der Waals surface area contributed by atoms with Crippen LogP contribution in [0.1, 0.15) is 35.8 Å². The number of carbonyl (C=O) groups excluding carboxylic acids is 1. The molecule has 2 fully saturated rings. The molecule has 1 saturated heterocycles. The van der Waals surface area contributed by atoms with Gasteiger partial charge in [-0.1, -0.05) is 0 Å². The van der Waals surface area contributed by atoms with E-state index >= 15 is 0 Å². The molecule has 1 amide bonds. The van der Waals surface area contributed by atoms with Gasteiger partial charge in [0, 0.05) is 31.8 Å². The number of fused-ring (bicyclic) bond motifs is 1. The minimum absolute atomic E-state index is 0.126. The van der Waals surface area contributed by atoms with Gasteiger partial charge in [-0.25, -0.2) is 13.9 Å². The van der Waals surface area contributed by atoms with E-state index in [0.29, 0.717) is 29.3 Å². The number of imidazole rings is 1. The summed E-state index contributed by atoms with van der Waals surface area (Å²) in [5.74, 6) is -0.0637. The average molecular weight is 440 g/mol. The SMILES string of the molecule is CNc1cc(Nc2cccn(C3CCNCC3)c2=O)nn2c(C(=O)N[C@@H]3C[C@@H]3F)cnc12. The molecule has 2 aliphatic rings. The molecule has 32 heavy (non-hydrogen) atoms. The van der Waals surface area contributed by atoms with E-state index in [2.05, 4.69) is 31.3 Å². The highest BCUT2D eigenvalue weighted by Gasteiger charge is 2.39. The Kier molecular flexibility index (Phi) is 5.25. The van der Waals surface area contributed by atoms with Crippen molar-refractivity contribution in [1.82, 2.24) is 29.8 Å².